The van der Waals surface area contributed by atoms with Crippen molar-refractivity contribution < 1.29 is 14.3 Å². The Bertz CT molecular complexity index is 923. The first kappa shape index (κ1) is 21.5. The number of nitrogens with two attached hydrogens (primary N) is 1. The highest BCUT2D eigenvalue weighted by Gasteiger charge is 2.27. The van der Waals surface area contributed by atoms with Gasteiger partial charge in [0.05, 0.1) is 18.8 Å². The maximum atomic E-state index is 12.7. The van der Waals surface area contributed by atoms with Crippen LogP contribution < -0.4 is 5.73 Å². The van der Waals surface area contributed by atoms with Gasteiger partial charge in [0.1, 0.15) is 6.10 Å². The molecule has 1 atom stereocenters. The van der Waals surface area contributed by atoms with Crippen molar-refractivity contribution >= 4 is 11.8 Å². The van der Waals surface area contributed by atoms with Crippen molar-refractivity contribution in [3.8, 4) is 11.1 Å². The van der Waals surface area contributed by atoms with E-state index in [2.05, 4.69) is 16.8 Å². The van der Waals surface area contributed by atoms with E-state index in [9.17, 15) is 9.59 Å². The van der Waals surface area contributed by atoms with Crippen LogP contribution in [0.3, 0.4) is 0 Å². The Morgan fingerprint density at radius 3 is 2.65 bits per heavy atom. The average molecular weight is 423 g/mol. The second-order valence-corrected chi connectivity index (χ2v) is 8.57. The van der Waals surface area contributed by atoms with Crippen LogP contribution in [0.2, 0.25) is 0 Å². The van der Waals surface area contributed by atoms with Crippen LogP contribution >= 0.6 is 0 Å². The lowest BCUT2D eigenvalue weighted by Gasteiger charge is -2.35. The van der Waals surface area contributed by atoms with Gasteiger partial charge in [0.25, 0.3) is 0 Å². The van der Waals surface area contributed by atoms with E-state index in [1.165, 1.54) is 0 Å². The topological polar surface area (TPSA) is 88.8 Å². The molecule has 0 spiro atoms. The van der Waals surface area contributed by atoms with Crippen LogP contribution in [0.25, 0.3) is 11.1 Å². The van der Waals surface area contributed by atoms with Crippen molar-refractivity contribution in [1.82, 2.24) is 14.8 Å². The molecular formula is C24H30N4O3. The highest BCUT2D eigenvalue weighted by molar-refractivity contribution is 5.94. The molecule has 0 saturated carbocycles. The number of aromatic nitrogens is 1. The van der Waals surface area contributed by atoms with Crippen LogP contribution in [0.5, 0.6) is 0 Å². The fourth-order valence-electron chi connectivity index (χ4n) is 4.19. The zero-order valence-electron chi connectivity index (χ0n) is 18.0. The van der Waals surface area contributed by atoms with Gasteiger partial charge in [-0.2, -0.15) is 0 Å². The Labute approximate surface area is 183 Å². The number of amides is 2. The molecule has 0 radical (unpaired) electrons. The lowest BCUT2D eigenvalue weighted by atomic mass is 9.99. The SMILES string of the molecule is CC1CCN(C(=O)CN2CCO[C@H](c3ccc(-c4cccc(C(N)=O)c4)cn3)C2)CC1. The van der Waals surface area contributed by atoms with Gasteiger partial charge in [-0.15, -0.1) is 0 Å². The van der Waals surface area contributed by atoms with Crippen molar-refractivity contribution in [2.75, 3.05) is 39.3 Å². The normalized spacial score (nSPS) is 20.5. The number of rotatable bonds is 5. The van der Waals surface area contributed by atoms with E-state index in [0.29, 0.717) is 31.2 Å². The Balaban J connectivity index is 1.37. The third kappa shape index (κ3) is 5.29. The Hall–Kier alpha value is -2.77. The molecule has 2 amide bonds. The van der Waals surface area contributed by atoms with Gasteiger partial charge in [0.15, 0.2) is 0 Å². The van der Waals surface area contributed by atoms with Crippen molar-refractivity contribution in [3.05, 3.63) is 53.9 Å². The van der Waals surface area contributed by atoms with Gasteiger partial charge in [-0.3, -0.25) is 19.5 Å². The molecule has 2 fully saturated rings. The standard InChI is InChI=1S/C24H30N4O3/c1-17-7-9-28(10-8-17)23(29)16-27-11-12-31-22(15-27)21-6-5-20(14-26-21)18-3-2-4-19(13-18)24(25)30/h2-6,13-14,17,22H,7-12,15-16H2,1H3,(H2,25,30)/t22-/m0/s1. The van der Waals surface area contributed by atoms with Crippen molar-refractivity contribution in [2.24, 2.45) is 11.7 Å². The van der Waals surface area contributed by atoms with Gasteiger partial charge in [-0.05, 0) is 42.5 Å². The number of ether oxygens (including phenoxy) is 1. The zero-order chi connectivity index (χ0) is 21.8. The van der Waals surface area contributed by atoms with Crippen LogP contribution in [-0.4, -0.2) is 65.9 Å². The molecule has 1 aromatic carbocycles. The first-order chi connectivity index (χ1) is 15.0. The predicted molar refractivity (Wildman–Crippen MR) is 118 cm³/mol. The minimum Gasteiger partial charge on any atom is -0.369 e. The maximum absolute atomic E-state index is 12.7. The number of hydrogen-bond donors (Lipinski definition) is 1. The Morgan fingerprint density at radius 2 is 1.94 bits per heavy atom. The fourth-order valence-corrected chi connectivity index (χ4v) is 4.19. The van der Waals surface area contributed by atoms with Crippen LogP contribution in [0.1, 0.15) is 41.9 Å². The molecule has 2 aliphatic rings. The molecular weight excluding hydrogens is 392 g/mol. The van der Waals surface area contributed by atoms with Crippen molar-refractivity contribution in [2.45, 2.75) is 25.9 Å². The maximum Gasteiger partial charge on any atom is 0.248 e. The van der Waals surface area contributed by atoms with Crippen LogP contribution in [0.4, 0.5) is 0 Å². The lowest BCUT2D eigenvalue weighted by Crippen LogP contribution is -2.47. The number of primary amides is 1. The van der Waals surface area contributed by atoms with Crippen LogP contribution in [0, 0.1) is 5.92 Å². The Kier molecular flexibility index (Phi) is 6.63. The molecule has 4 rings (SSSR count). The fraction of sp³-hybridized carbons (Fsp3) is 0.458. The Morgan fingerprint density at radius 1 is 1.13 bits per heavy atom. The van der Waals surface area contributed by atoms with E-state index >= 15 is 0 Å². The highest BCUT2D eigenvalue weighted by atomic mass is 16.5. The van der Waals surface area contributed by atoms with Crippen molar-refractivity contribution in [3.63, 3.8) is 0 Å². The predicted octanol–water partition coefficient (Wildman–Crippen LogP) is 2.48. The summed E-state index contributed by atoms with van der Waals surface area (Å²) in [6.07, 6.45) is 3.82. The summed E-state index contributed by atoms with van der Waals surface area (Å²) in [7, 11) is 0. The summed E-state index contributed by atoms with van der Waals surface area (Å²) in [5, 5.41) is 0. The van der Waals surface area contributed by atoms with Gasteiger partial charge in [0, 0.05) is 43.5 Å². The molecule has 164 valence electrons. The summed E-state index contributed by atoms with van der Waals surface area (Å²) in [4.78, 5) is 32.9. The number of benzene rings is 1. The second kappa shape index (κ2) is 9.58. The summed E-state index contributed by atoms with van der Waals surface area (Å²) in [6.45, 7) is 6.41. The summed E-state index contributed by atoms with van der Waals surface area (Å²) in [6, 6.07) is 11.1. The molecule has 7 heteroatoms. The summed E-state index contributed by atoms with van der Waals surface area (Å²) in [5.74, 6) is 0.477. The summed E-state index contributed by atoms with van der Waals surface area (Å²) < 4.78 is 5.94. The summed E-state index contributed by atoms with van der Waals surface area (Å²) in [5.41, 5.74) is 8.50. The zero-order valence-corrected chi connectivity index (χ0v) is 18.0. The molecule has 31 heavy (non-hydrogen) atoms. The lowest BCUT2D eigenvalue weighted by molar-refractivity contribution is -0.135. The van der Waals surface area contributed by atoms with E-state index in [1.54, 1.807) is 18.3 Å². The van der Waals surface area contributed by atoms with E-state index in [0.717, 1.165) is 49.3 Å². The third-order valence-corrected chi connectivity index (χ3v) is 6.24. The number of carbonyl (C=O) groups is 2. The molecule has 2 N–H and O–H groups in total. The highest BCUT2D eigenvalue weighted by Crippen LogP contribution is 2.25. The van der Waals surface area contributed by atoms with Crippen LogP contribution in [0.15, 0.2) is 42.6 Å². The van der Waals surface area contributed by atoms with Gasteiger partial charge >= 0.3 is 0 Å². The van der Waals surface area contributed by atoms with E-state index < -0.39 is 5.91 Å². The number of pyridine rings is 1. The van der Waals surface area contributed by atoms with Gasteiger partial charge in [-0.1, -0.05) is 25.1 Å². The quantitative estimate of drug-likeness (QED) is 0.800. The largest absolute Gasteiger partial charge is 0.369 e. The van der Waals surface area contributed by atoms with E-state index in [1.807, 2.05) is 29.2 Å². The molecule has 2 saturated heterocycles. The number of hydrogen-bond acceptors (Lipinski definition) is 5. The molecule has 2 aliphatic heterocycles. The van der Waals surface area contributed by atoms with Gasteiger partial charge in [0.2, 0.25) is 11.8 Å². The third-order valence-electron chi connectivity index (χ3n) is 6.24. The molecule has 7 nitrogen and oxygen atoms in total. The number of morpholine rings is 1. The average Bonchev–Trinajstić information content (AvgIpc) is 2.80. The molecule has 0 aliphatic carbocycles. The molecule has 3 heterocycles. The number of nitrogens with zero attached hydrogens (tertiary/aromatic N) is 3. The first-order valence-electron chi connectivity index (χ1n) is 11.0. The number of carbonyl (C=O) groups excluding carboxylic acids is 2. The first-order valence-corrected chi connectivity index (χ1v) is 11.0. The van der Waals surface area contributed by atoms with Crippen molar-refractivity contribution in [1.29, 1.82) is 0 Å². The smallest absolute Gasteiger partial charge is 0.248 e. The van der Waals surface area contributed by atoms with Gasteiger partial charge in [-0.25, -0.2) is 0 Å². The van der Waals surface area contributed by atoms with Crippen LogP contribution in [-0.2, 0) is 9.53 Å². The molecule has 2 aromatic rings. The number of piperidine rings is 1. The number of likely N-dealkylation sites (tertiary alicyclic amines) is 1. The molecule has 0 unspecified atom stereocenters. The second-order valence-electron chi connectivity index (χ2n) is 8.57. The van der Waals surface area contributed by atoms with Gasteiger partial charge < -0.3 is 15.4 Å². The summed E-state index contributed by atoms with van der Waals surface area (Å²) >= 11 is 0. The monoisotopic (exact) mass is 422 g/mol. The minimum atomic E-state index is -0.448. The van der Waals surface area contributed by atoms with E-state index in [-0.39, 0.29) is 12.0 Å². The molecule has 1 aromatic heterocycles. The minimum absolute atomic E-state index is 0.158. The van der Waals surface area contributed by atoms with E-state index in [4.69, 9.17) is 10.5 Å². The molecule has 0 bridgehead atoms.